The van der Waals surface area contributed by atoms with E-state index in [1.54, 1.807) is 0 Å². The predicted octanol–water partition coefficient (Wildman–Crippen LogP) is 3.02. The molecule has 0 aromatic heterocycles. The number of likely N-dealkylation sites (tertiary alicyclic amines) is 1. The van der Waals surface area contributed by atoms with Crippen molar-refractivity contribution in [2.24, 2.45) is 5.92 Å². The van der Waals surface area contributed by atoms with Crippen LogP contribution in [0.4, 0.5) is 5.69 Å². The minimum Gasteiger partial charge on any atom is -0.396 e. The lowest BCUT2D eigenvalue weighted by molar-refractivity contribution is -0.116. The molecular formula is C19H30N2O2. The number of anilines is 1. The number of rotatable bonds is 5. The van der Waals surface area contributed by atoms with Crippen molar-refractivity contribution >= 4 is 11.6 Å². The quantitative estimate of drug-likeness (QED) is 0.877. The largest absolute Gasteiger partial charge is 0.396 e. The van der Waals surface area contributed by atoms with E-state index < -0.39 is 0 Å². The predicted molar refractivity (Wildman–Crippen MR) is 94.6 cm³/mol. The number of aliphatic hydroxyl groups excluding tert-OH is 1. The summed E-state index contributed by atoms with van der Waals surface area (Å²) < 4.78 is 0. The first-order valence-corrected chi connectivity index (χ1v) is 8.62. The van der Waals surface area contributed by atoms with Crippen LogP contribution in [0.25, 0.3) is 0 Å². The summed E-state index contributed by atoms with van der Waals surface area (Å²) in [7, 11) is 0. The van der Waals surface area contributed by atoms with Gasteiger partial charge in [0.05, 0.1) is 0 Å². The Morgan fingerprint density at radius 2 is 2.00 bits per heavy atom. The SMILES string of the molecule is CC(C)(C)c1cccc(NC(=O)CCN2CCC(CO)CC2)c1. The lowest BCUT2D eigenvalue weighted by Crippen LogP contribution is -2.36. The van der Waals surface area contributed by atoms with Crippen LogP contribution in [0.3, 0.4) is 0 Å². The number of nitrogens with one attached hydrogen (secondary N) is 1. The maximum atomic E-state index is 12.2. The van der Waals surface area contributed by atoms with Crippen molar-refractivity contribution in [3.8, 4) is 0 Å². The summed E-state index contributed by atoms with van der Waals surface area (Å²) in [5.74, 6) is 0.514. The van der Waals surface area contributed by atoms with Crippen LogP contribution in [-0.2, 0) is 10.2 Å². The summed E-state index contributed by atoms with van der Waals surface area (Å²) in [6, 6.07) is 8.10. The highest BCUT2D eigenvalue weighted by molar-refractivity contribution is 5.90. The van der Waals surface area contributed by atoms with Gasteiger partial charge in [-0.25, -0.2) is 0 Å². The zero-order valence-corrected chi connectivity index (χ0v) is 14.6. The van der Waals surface area contributed by atoms with E-state index in [9.17, 15) is 4.79 Å². The van der Waals surface area contributed by atoms with Gasteiger partial charge in [0.25, 0.3) is 0 Å². The van der Waals surface area contributed by atoms with Crippen LogP contribution >= 0.6 is 0 Å². The van der Waals surface area contributed by atoms with Gasteiger partial charge in [-0.15, -0.1) is 0 Å². The van der Waals surface area contributed by atoms with Gasteiger partial charge in [0.2, 0.25) is 5.91 Å². The third kappa shape index (κ3) is 5.63. The molecule has 4 heteroatoms. The van der Waals surface area contributed by atoms with Gasteiger partial charge in [-0.1, -0.05) is 32.9 Å². The van der Waals surface area contributed by atoms with Crippen molar-refractivity contribution in [1.29, 1.82) is 0 Å². The number of aliphatic hydroxyl groups is 1. The number of piperidine rings is 1. The third-order valence-electron chi connectivity index (χ3n) is 4.63. The molecule has 1 aliphatic heterocycles. The molecule has 1 aromatic rings. The van der Waals surface area contributed by atoms with Crippen LogP contribution in [0.15, 0.2) is 24.3 Å². The Labute approximate surface area is 139 Å². The number of nitrogens with zero attached hydrogens (tertiary/aromatic N) is 1. The molecule has 1 aliphatic rings. The lowest BCUT2D eigenvalue weighted by atomic mass is 9.87. The van der Waals surface area contributed by atoms with Crippen LogP contribution in [-0.4, -0.2) is 42.2 Å². The molecule has 23 heavy (non-hydrogen) atoms. The minimum atomic E-state index is 0.0698. The van der Waals surface area contributed by atoms with Gasteiger partial charge in [0, 0.05) is 25.3 Å². The summed E-state index contributed by atoms with van der Waals surface area (Å²) in [6.45, 7) is 9.56. The smallest absolute Gasteiger partial charge is 0.225 e. The van der Waals surface area contributed by atoms with Crippen molar-refractivity contribution in [2.45, 2.75) is 45.4 Å². The normalized spacial score (nSPS) is 17.2. The molecule has 0 aliphatic carbocycles. The fraction of sp³-hybridized carbons (Fsp3) is 0.632. The molecule has 0 saturated carbocycles. The second-order valence-corrected chi connectivity index (χ2v) is 7.60. The summed E-state index contributed by atoms with van der Waals surface area (Å²) in [6.07, 6.45) is 2.58. The third-order valence-corrected chi connectivity index (χ3v) is 4.63. The Morgan fingerprint density at radius 1 is 1.30 bits per heavy atom. The number of amides is 1. The monoisotopic (exact) mass is 318 g/mol. The molecule has 4 nitrogen and oxygen atoms in total. The van der Waals surface area contributed by atoms with Crippen molar-refractivity contribution in [3.05, 3.63) is 29.8 Å². The topological polar surface area (TPSA) is 52.6 Å². The molecule has 0 radical (unpaired) electrons. The minimum absolute atomic E-state index is 0.0698. The van der Waals surface area contributed by atoms with Crippen molar-refractivity contribution in [3.63, 3.8) is 0 Å². The zero-order valence-electron chi connectivity index (χ0n) is 14.6. The first-order valence-electron chi connectivity index (χ1n) is 8.62. The molecule has 1 saturated heterocycles. The molecule has 128 valence electrons. The first-order chi connectivity index (χ1) is 10.9. The second-order valence-electron chi connectivity index (χ2n) is 7.60. The molecule has 0 atom stereocenters. The second kappa shape index (κ2) is 7.93. The highest BCUT2D eigenvalue weighted by Gasteiger charge is 2.19. The molecule has 2 rings (SSSR count). The number of hydrogen-bond donors (Lipinski definition) is 2. The van der Waals surface area contributed by atoms with E-state index in [1.165, 1.54) is 5.56 Å². The highest BCUT2D eigenvalue weighted by Crippen LogP contribution is 2.24. The zero-order chi connectivity index (χ0) is 16.9. The Kier molecular flexibility index (Phi) is 6.19. The van der Waals surface area contributed by atoms with Crippen LogP contribution in [0, 0.1) is 5.92 Å². The summed E-state index contributed by atoms with van der Waals surface area (Å²) in [5.41, 5.74) is 2.18. The number of hydrogen-bond acceptors (Lipinski definition) is 3. The Balaban J connectivity index is 1.79. The molecular weight excluding hydrogens is 288 g/mol. The number of carbonyl (C=O) groups is 1. The van der Waals surface area contributed by atoms with Gasteiger partial charge in [-0.3, -0.25) is 4.79 Å². The van der Waals surface area contributed by atoms with E-state index in [0.29, 0.717) is 18.9 Å². The van der Waals surface area contributed by atoms with Gasteiger partial charge in [-0.05, 0) is 55.0 Å². The fourth-order valence-corrected chi connectivity index (χ4v) is 2.94. The summed E-state index contributed by atoms with van der Waals surface area (Å²) in [5, 5.41) is 12.2. The molecule has 1 amide bonds. The molecule has 0 unspecified atom stereocenters. The molecule has 1 fully saturated rings. The van der Waals surface area contributed by atoms with Crippen LogP contribution in [0.5, 0.6) is 0 Å². The van der Waals surface area contributed by atoms with Gasteiger partial charge in [0.15, 0.2) is 0 Å². The molecule has 0 spiro atoms. The maximum absolute atomic E-state index is 12.2. The van der Waals surface area contributed by atoms with Gasteiger partial charge >= 0.3 is 0 Å². The van der Waals surface area contributed by atoms with E-state index in [2.05, 4.69) is 43.1 Å². The Hall–Kier alpha value is -1.39. The van der Waals surface area contributed by atoms with Crippen molar-refractivity contribution < 1.29 is 9.90 Å². The van der Waals surface area contributed by atoms with Crippen LogP contribution in [0.2, 0.25) is 0 Å². The van der Waals surface area contributed by atoms with E-state index >= 15 is 0 Å². The van der Waals surface area contributed by atoms with Crippen LogP contribution < -0.4 is 5.32 Å². The Morgan fingerprint density at radius 3 is 2.61 bits per heavy atom. The molecule has 1 aromatic carbocycles. The van der Waals surface area contributed by atoms with Gasteiger partial charge in [-0.2, -0.15) is 0 Å². The van der Waals surface area contributed by atoms with Crippen molar-refractivity contribution in [2.75, 3.05) is 31.6 Å². The number of carbonyl (C=O) groups excluding carboxylic acids is 1. The van der Waals surface area contributed by atoms with E-state index in [0.717, 1.165) is 38.2 Å². The van der Waals surface area contributed by atoms with Gasteiger partial charge < -0.3 is 15.3 Å². The molecule has 2 N–H and O–H groups in total. The van der Waals surface area contributed by atoms with E-state index in [1.807, 2.05) is 12.1 Å². The summed E-state index contributed by atoms with van der Waals surface area (Å²) in [4.78, 5) is 14.5. The molecule has 1 heterocycles. The highest BCUT2D eigenvalue weighted by atomic mass is 16.3. The molecule has 0 bridgehead atoms. The first kappa shape index (κ1) is 18.0. The summed E-state index contributed by atoms with van der Waals surface area (Å²) >= 11 is 0. The van der Waals surface area contributed by atoms with Crippen LogP contribution in [0.1, 0.15) is 45.6 Å². The van der Waals surface area contributed by atoms with E-state index in [-0.39, 0.29) is 11.3 Å². The lowest BCUT2D eigenvalue weighted by Gasteiger charge is -2.30. The fourth-order valence-electron chi connectivity index (χ4n) is 2.94. The van der Waals surface area contributed by atoms with E-state index in [4.69, 9.17) is 5.11 Å². The Bertz CT molecular complexity index is 514. The van der Waals surface area contributed by atoms with Gasteiger partial charge in [0.1, 0.15) is 0 Å². The van der Waals surface area contributed by atoms with Crippen molar-refractivity contribution in [1.82, 2.24) is 4.90 Å². The maximum Gasteiger partial charge on any atom is 0.225 e. The average molecular weight is 318 g/mol. The standard InChI is InChI=1S/C19H30N2O2/c1-19(2,3)16-5-4-6-17(13-16)20-18(23)9-12-21-10-7-15(14-22)8-11-21/h4-6,13,15,22H,7-12,14H2,1-3H3,(H,20,23). The number of benzene rings is 1. The average Bonchev–Trinajstić information content (AvgIpc) is 2.53.